The van der Waals surface area contributed by atoms with E-state index in [0.717, 1.165) is 16.8 Å². The third-order valence-corrected chi connectivity index (χ3v) is 4.44. The number of carbonyl (C=O) groups is 2. The topological polar surface area (TPSA) is 88.9 Å². The molecule has 3 aromatic rings. The van der Waals surface area contributed by atoms with Crippen molar-refractivity contribution >= 4 is 17.5 Å². The Bertz CT molecular complexity index is 1010. The van der Waals surface area contributed by atoms with Crippen LogP contribution in [0.25, 0.3) is 5.69 Å². The Morgan fingerprint density at radius 2 is 1.79 bits per heavy atom. The molecule has 0 radical (unpaired) electrons. The van der Waals surface area contributed by atoms with Crippen LogP contribution in [0.5, 0.6) is 0 Å². The number of nitrogens with one attached hydrogen (secondary N) is 2. The van der Waals surface area contributed by atoms with Crippen LogP contribution in [-0.2, 0) is 4.79 Å². The van der Waals surface area contributed by atoms with Crippen molar-refractivity contribution in [2.24, 2.45) is 0 Å². The number of carbonyl (C=O) groups excluding carboxylic acids is 2. The van der Waals surface area contributed by atoms with Gasteiger partial charge in [-0.25, -0.2) is 4.68 Å². The number of hydrogen-bond acceptors (Lipinski definition) is 4. The van der Waals surface area contributed by atoms with Crippen LogP contribution in [0.3, 0.4) is 0 Å². The molecular weight excluding hydrogens is 354 g/mol. The molecule has 0 saturated heterocycles. The standard InChI is InChI=1S/C21H23N5O2/c1-13-8-10-19(11-9-13)26-15(3)20(24-25-26)21(28)22-14(2)17-6-5-7-18(12-17)23-16(4)27/h5-12,14H,1-4H3,(H,22,28)(H,23,27)/t14-/m1/s1. The van der Waals surface area contributed by atoms with Gasteiger partial charge >= 0.3 is 0 Å². The molecule has 0 unspecified atom stereocenters. The van der Waals surface area contributed by atoms with Gasteiger partial charge in [0, 0.05) is 12.6 Å². The Labute approximate surface area is 163 Å². The highest BCUT2D eigenvalue weighted by Gasteiger charge is 2.19. The summed E-state index contributed by atoms with van der Waals surface area (Å²) in [5, 5.41) is 13.9. The highest BCUT2D eigenvalue weighted by Crippen LogP contribution is 2.19. The van der Waals surface area contributed by atoms with Crippen molar-refractivity contribution in [3.63, 3.8) is 0 Å². The van der Waals surface area contributed by atoms with E-state index in [1.807, 2.05) is 63.2 Å². The average molecular weight is 377 g/mol. The van der Waals surface area contributed by atoms with E-state index in [1.165, 1.54) is 6.92 Å². The summed E-state index contributed by atoms with van der Waals surface area (Å²) in [6.45, 7) is 7.17. The second-order valence-electron chi connectivity index (χ2n) is 6.77. The minimum Gasteiger partial charge on any atom is -0.344 e. The predicted molar refractivity (Wildman–Crippen MR) is 107 cm³/mol. The summed E-state index contributed by atoms with van der Waals surface area (Å²) in [7, 11) is 0. The second-order valence-corrected chi connectivity index (χ2v) is 6.77. The number of nitrogens with zero attached hydrogens (tertiary/aromatic N) is 3. The van der Waals surface area contributed by atoms with Crippen LogP contribution in [0.15, 0.2) is 48.5 Å². The fourth-order valence-electron chi connectivity index (χ4n) is 2.91. The van der Waals surface area contributed by atoms with Gasteiger partial charge in [0.1, 0.15) is 0 Å². The zero-order chi connectivity index (χ0) is 20.3. The highest BCUT2D eigenvalue weighted by molar-refractivity contribution is 5.93. The molecule has 0 bridgehead atoms. The Morgan fingerprint density at radius 1 is 1.07 bits per heavy atom. The Kier molecular flexibility index (Phi) is 5.54. The number of benzene rings is 2. The average Bonchev–Trinajstić information content (AvgIpc) is 3.03. The molecule has 2 N–H and O–H groups in total. The summed E-state index contributed by atoms with van der Waals surface area (Å²) >= 11 is 0. The minimum absolute atomic E-state index is 0.141. The van der Waals surface area contributed by atoms with E-state index in [0.29, 0.717) is 11.4 Å². The maximum absolute atomic E-state index is 12.7. The molecule has 0 spiro atoms. The van der Waals surface area contributed by atoms with Crippen LogP contribution >= 0.6 is 0 Å². The summed E-state index contributed by atoms with van der Waals surface area (Å²) < 4.78 is 1.65. The Balaban J connectivity index is 1.76. The molecule has 28 heavy (non-hydrogen) atoms. The van der Waals surface area contributed by atoms with Crippen molar-refractivity contribution in [1.29, 1.82) is 0 Å². The van der Waals surface area contributed by atoms with Crippen molar-refractivity contribution < 1.29 is 9.59 Å². The van der Waals surface area contributed by atoms with Gasteiger partial charge in [-0.3, -0.25) is 9.59 Å². The third-order valence-electron chi connectivity index (χ3n) is 4.44. The van der Waals surface area contributed by atoms with Gasteiger partial charge in [-0.15, -0.1) is 5.10 Å². The van der Waals surface area contributed by atoms with Crippen molar-refractivity contribution in [3.8, 4) is 5.69 Å². The van der Waals surface area contributed by atoms with Gasteiger partial charge in [0.15, 0.2) is 5.69 Å². The monoisotopic (exact) mass is 377 g/mol. The smallest absolute Gasteiger partial charge is 0.274 e. The molecule has 1 heterocycles. The molecule has 0 aliphatic carbocycles. The molecule has 7 heteroatoms. The molecule has 0 fully saturated rings. The van der Waals surface area contributed by atoms with Crippen LogP contribution in [-0.4, -0.2) is 26.8 Å². The van der Waals surface area contributed by atoms with E-state index in [9.17, 15) is 9.59 Å². The van der Waals surface area contributed by atoms with Crippen molar-refractivity contribution in [1.82, 2.24) is 20.3 Å². The molecule has 3 rings (SSSR count). The summed E-state index contributed by atoms with van der Waals surface area (Å²) in [6, 6.07) is 15.0. The van der Waals surface area contributed by atoms with E-state index in [4.69, 9.17) is 0 Å². The first-order valence-corrected chi connectivity index (χ1v) is 9.03. The zero-order valence-electron chi connectivity index (χ0n) is 16.4. The molecule has 2 amide bonds. The molecule has 1 aromatic heterocycles. The second kappa shape index (κ2) is 8.04. The SMILES string of the molecule is CC(=O)Nc1cccc([C@@H](C)NC(=O)c2nnn(-c3ccc(C)cc3)c2C)c1. The minimum atomic E-state index is -0.298. The number of amides is 2. The Morgan fingerprint density at radius 3 is 2.46 bits per heavy atom. The van der Waals surface area contributed by atoms with Crippen LogP contribution in [0, 0.1) is 13.8 Å². The molecule has 1 atom stereocenters. The van der Waals surface area contributed by atoms with Gasteiger partial charge in [0.05, 0.1) is 17.4 Å². The van der Waals surface area contributed by atoms with Gasteiger partial charge in [-0.1, -0.05) is 35.0 Å². The van der Waals surface area contributed by atoms with Crippen molar-refractivity contribution in [2.75, 3.05) is 5.32 Å². The lowest BCUT2D eigenvalue weighted by Gasteiger charge is -2.15. The fourth-order valence-corrected chi connectivity index (χ4v) is 2.91. The summed E-state index contributed by atoms with van der Waals surface area (Å²) in [6.07, 6.45) is 0. The van der Waals surface area contributed by atoms with Gasteiger partial charge in [-0.2, -0.15) is 0 Å². The van der Waals surface area contributed by atoms with E-state index < -0.39 is 0 Å². The van der Waals surface area contributed by atoms with E-state index in [2.05, 4.69) is 20.9 Å². The quantitative estimate of drug-likeness (QED) is 0.714. The zero-order valence-corrected chi connectivity index (χ0v) is 16.4. The first kappa shape index (κ1) is 19.3. The molecule has 0 aliphatic heterocycles. The summed E-state index contributed by atoms with van der Waals surface area (Å²) in [5.41, 5.74) is 4.52. The van der Waals surface area contributed by atoms with Gasteiger partial charge in [0.2, 0.25) is 5.91 Å². The molecule has 0 aliphatic rings. The predicted octanol–water partition coefficient (Wildman–Crippen LogP) is 3.33. The third kappa shape index (κ3) is 4.25. The molecule has 0 saturated carbocycles. The Hall–Kier alpha value is -3.48. The van der Waals surface area contributed by atoms with Gasteiger partial charge in [0.25, 0.3) is 5.91 Å². The van der Waals surface area contributed by atoms with Crippen molar-refractivity contribution in [3.05, 3.63) is 71.0 Å². The van der Waals surface area contributed by atoms with Crippen LogP contribution in [0.2, 0.25) is 0 Å². The van der Waals surface area contributed by atoms with Crippen molar-refractivity contribution in [2.45, 2.75) is 33.7 Å². The summed E-state index contributed by atoms with van der Waals surface area (Å²) in [5.74, 6) is -0.439. The molecule has 7 nitrogen and oxygen atoms in total. The van der Waals surface area contributed by atoms with E-state index >= 15 is 0 Å². The van der Waals surface area contributed by atoms with Gasteiger partial charge in [-0.05, 0) is 50.6 Å². The lowest BCUT2D eigenvalue weighted by molar-refractivity contribution is -0.114. The highest BCUT2D eigenvalue weighted by atomic mass is 16.2. The molecular formula is C21H23N5O2. The molecule has 144 valence electrons. The van der Waals surface area contributed by atoms with E-state index in [-0.39, 0.29) is 23.6 Å². The number of anilines is 1. The normalized spacial score (nSPS) is 11.7. The number of hydrogen-bond donors (Lipinski definition) is 2. The number of aromatic nitrogens is 3. The number of aryl methyl sites for hydroxylation is 1. The summed E-state index contributed by atoms with van der Waals surface area (Å²) in [4.78, 5) is 23.9. The maximum atomic E-state index is 12.7. The van der Waals surface area contributed by atoms with E-state index in [1.54, 1.807) is 10.7 Å². The molecule has 2 aromatic carbocycles. The largest absolute Gasteiger partial charge is 0.344 e. The van der Waals surface area contributed by atoms with Gasteiger partial charge < -0.3 is 10.6 Å². The first-order valence-electron chi connectivity index (χ1n) is 9.03. The first-order chi connectivity index (χ1) is 13.3. The lowest BCUT2D eigenvalue weighted by Crippen LogP contribution is -2.27. The van der Waals surface area contributed by atoms with Crippen LogP contribution in [0.1, 0.15) is 47.2 Å². The van der Waals surface area contributed by atoms with Crippen LogP contribution in [0.4, 0.5) is 5.69 Å². The lowest BCUT2D eigenvalue weighted by atomic mass is 10.1. The maximum Gasteiger partial charge on any atom is 0.274 e. The fraction of sp³-hybridized carbons (Fsp3) is 0.238. The number of rotatable bonds is 5. The van der Waals surface area contributed by atoms with Crippen LogP contribution < -0.4 is 10.6 Å².